The third kappa shape index (κ3) is 1.51. The van der Waals surface area contributed by atoms with Crippen molar-refractivity contribution in [2.24, 2.45) is 0 Å². The van der Waals surface area contributed by atoms with Crippen LogP contribution in [-0.4, -0.2) is 15.9 Å². The first kappa shape index (κ1) is 10.1. The van der Waals surface area contributed by atoms with Gasteiger partial charge in [0.15, 0.2) is 5.78 Å². The van der Waals surface area contributed by atoms with Gasteiger partial charge in [-0.15, -0.1) is 11.3 Å². The summed E-state index contributed by atoms with van der Waals surface area (Å²) in [6.45, 7) is 3.43. The van der Waals surface area contributed by atoms with Crippen molar-refractivity contribution in [3.05, 3.63) is 22.7 Å². The van der Waals surface area contributed by atoms with E-state index in [1.807, 2.05) is 13.0 Å². The number of aromatic nitrogens is 1. The number of carbonyl (C=O) groups is 1. The van der Waals surface area contributed by atoms with Crippen molar-refractivity contribution in [1.82, 2.24) is 4.98 Å². The average Bonchev–Trinajstić information content (AvgIpc) is 2.64. The van der Waals surface area contributed by atoms with E-state index in [1.54, 1.807) is 5.51 Å². The van der Waals surface area contributed by atoms with Gasteiger partial charge in [-0.05, 0) is 25.0 Å². The van der Waals surface area contributed by atoms with Gasteiger partial charge in [0.25, 0.3) is 0 Å². The summed E-state index contributed by atoms with van der Waals surface area (Å²) in [7, 11) is 0. The molecule has 78 valence electrons. The highest BCUT2D eigenvalue weighted by atomic mass is 32.1. The van der Waals surface area contributed by atoms with Crippen molar-refractivity contribution in [2.45, 2.75) is 20.3 Å². The number of benzene rings is 1. The third-order valence-corrected chi connectivity index (χ3v) is 3.26. The third-order valence-electron chi connectivity index (χ3n) is 2.41. The fourth-order valence-corrected chi connectivity index (χ4v) is 2.43. The Bertz CT molecular complexity index is 531. The molecule has 1 aromatic heterocycles. The van der Waals surface area contributed by atoms with Gasteiger partial charge in [0.1, 0.15) is 5.75 Å². The molecule has 0 aliphatic heterocycles. The standard InChI is InChI=1S/C11H11NO2S/c1-3-7-4-8-11(15-5-12-8)10(14)9(7)6(2)13/h4-5,14H,3H2,1-2H3. The molecular weight excluding hydrogens is 210 g/mol. The second kappa shape index (κ2) is 3.62. The number of ketones is 1. The molecule has 0 aliphatic rings. The molecule has 0 atom stereocenters. The van der Waals surface area contributed by atoms with Gasteiger partial charge in [0, 0.05) is 0 Å². The van der Waals surface area contributed by atoms with Crippen LogP contribution in [0.2, 0.25) is 0 Å². The van der Waals surface area contributed by atoms with Crippen LogP contribution in [0.3, 0.4) is 0 Å². The molecule has 0 saturated carbocycles. The van der Waals surface area contributed by atoms with E-state index in [1.165, 1.54) is 18.3 Å². The first-order chi connectivity index (χ1) is 7.15. The first-order valence-electron chi connectivity index (χ1n) is 4.74. The summed E-state index contributed by atoms with van der Waals surface area (Å²) >= 11 is 1.35. The first-order valence-corrected chi connectivity index (χ1v) is 5.62. The fraction of sp³-hybridized carbons (Fsp3) is 0.273. The van der Waals surface area contributed by atoms with E-state index < -0.39 is 0 Å². The highest BCUT2D eigenvalue weighted by Crippen LogP contribution is 2.34. The second-order valence-corrected chi connectivity index (χ2v) is 4.22. The lowest BCUT2D eigenvalue weighted by Gasteiger charge is -2.07. The summed E-state index contributed by atoms with van der Waals surface area (Å²) in [5, 5.41) is 9.97. The van der Waals surface area contributed by atoms with Crippen molar-refractivity contribution < 1.29 is 9.90 Å². The fourth-order valence-electron chi connectivity index (χ4n) is 1.71. The molecule has 1 aromatic carbocycles. The van der Waals surface area contributed by atoms with Gasteiger partial charge in [0.05, 0.1) is 21.3 Å². The Hall–Kier alpha value is -1.42. The molecular formula is C11H11NO2S. The number of aromatic hydroxyl groups is 1. The number of thiazole rings is 1. The molecule has 0 spiro atoms. The lowest BCUT2D eigenvalue weighted by molar-refractivity contribution is 0.101. The molecule has 0 fully saturated rings. The van der Waals surface area contributed by atoms with E-state index in [4.69, 9.17) is 0 Å². The normalized spacial score (nSPS) is 10.8. The van der Waals surface area contributed by atoms with E-state index in [0.717, 1.165) is 17.5 Å². The number of rotatable bonds is 2. The van der Waals surface area contributed by atoms with Gasteiger partial charge >= 0.3 is 0 Å². The van der Waals surface area contributed by atoms with E-state index in [2.05, 4.69) is 4.98 Å². The Kier molecular flexibility index (Phi) is 2.44. The smallest absolute Gasteiger partial charge is 0.163 e. The number of phenolic OH excluding ortho intramolecular Hbond substituents is 1. The van der Waals surface area contributed by atoms with Crippen LogP contribution in [0.15, 0.2) is 11.6 Å². The van der Waals surface area contributed by atoms with Crippen molar-refractivity contribution in [3.8, 4) is 5.75 Å². The van der Waals surface area contributed by atoms with Crippen molar-refractivity contribution in [3.63, 3.8) is 0 Å². The van der Waals surface area contributed by atoms with Gasteiger partial charge in [0.2, 0.25) is 0 Å². The Labute approximate surface area is 91.4 Å². The molecule has 3 nitrogen and oxygen atoms in total. The van der Waals surface area contributed by atoms with Crippen molar-refractivity contribution in [1.29, 1.82) is 0 Å². The molecule has 1 N–H and O–H groups in total. The number of carbonyl (C=O) groups excluding carboxylic acids is 1. The lowest BCUT2D eigenvalue weighted by atomic mass is 10.0. The summed E-state index contributed by atoms with van der Waals surface area (Å²) in [6, 6.07) is 1.88. The molecule has 15 heavy (non-hydrogen) atoms. The maximum absolute atomic E-state index is 11.4. The predicted molar refractivity (Wildman–Crippen MR) is 60.7 cm³/mol. The van der Waals surface area contributed by atoms with Crippen LogP contribution in [0.1, 0.15) is 29.8 Å². The minimum absolute atomic E-state index is 0.0827. The quantitative estimate of drug-likeness (QED) is 0.793. The van der Waals surface area contributed by atoms with Gasteiger partial charge < -0.3 is 5.11 Å². The topological polar surface area (TPSA) is 50.2 Å². The van der Waals surface area contributed by atoms with Gasteiger partial charge in [-0.3, -0.25) is 4.79 Å². The molecule has 0 aliphatic carbocycles. The van der Waals surface area contributed by atoms with Crippen LogP contribution in [0.5, 0.6) is 5.75 Å². The minimum atomic E-state index is -0.0975. The number of Topliss-reactive ketones (excluding diaryl/α,β-unsaturated/α-hetero) is 1. The number of hydrogen-bond donors (Lipinski definition) is 1. The van der Waals surface area contributed by atoms with Gasteiger partial charge in [-0.1, -0.05) is 6.92 Å². The summed E-state index contributed by atoms with van der Waals surface area (Å²) in [4.78, 5) is 15.6. The molecule has 0 amide bonds. The average molecular weight is 221 g/mol. The Morgan fingerprint density at radius 1 is 1.60 bits per heavy atom. The number of hydrogen-bond acceptors (Lipinski definition) is 4. The van der Waals surface area contributed by atoms with Crippen LogP contribution in [-0.2, 0) is 6.42 Å². The van der Waals surface area contributed by atoms with Crippen LogP contribution in [0.4, 0.5) is 0 Å². The highest BCUT2D eigenvalue weighted by Gasteiger charge is 2.16. The zero-order valence-electron chi connectivity index (χ0n) is 8.57. The van der Waals surface area contributed by atoms with E-state index in [9.17, 15) is 9.90 Å². The Morgan fingerprint density at radius 3 is 2.93 bits per heavy atom. The van der Waals surface area contributed by atoms with Gasteiger partial charge in [-0.2, -0.15) is 0 Å². The predicted octanol–water partition coefficient (Wildman–Crippen LogP) is 2.77. The maximum atomic E-state index is 11.4. The molecule has 0 saturated heterocycles. The molecule has 1 heterocycles. The SMILES string of the molecule is CCc1cc2ncsc2c(O)c1C(C)=O. The van der Waals surface area contributed by atoms with Crippen molar-refractivity contribution >= 4 is 27.3 Å². The maximum Gasteiger partial charge on any atom is 0.163 e. The van der Waals surface area contributed by atoms with Crippen LogP contribution >= 0.6 is 11.3 Å². The zero-order valence-corrected chi connectivity index (χ0v) is 9.39. The number of aryl methyl sites for hydroxylation is 1. The highest BCUT2D eigenvalue weighted by molar-refractivity contribution is 7.17. The zero-order chi connectivity index (χ0) is 11.0. The number of phenols is 1. The molecule has 0 radical (unpaired) electrons. The Morgan fingerprint density at radius 2 is 2.33 bits per heavy atom. The van der Waals surface area contributed by atoms with Crippen LogP contribution in [0, 0.1) is 0 Å². The van der Waals surface area contributed by atoms with Crippen LogP contribution in [0.25, 0.3) is 10.2 Å². The van der Waals surface area contributed by atoms with E-state index in [-0.39, 0.29) is 11.5 Å². The largest absolute Gasteiger partial charge is 0.506 e. The minimum Gasteiger partial charge on any atom is -0.506 e. The molecule has 4 heteroatoms. The Balaban J connectivity index is 2.85. The molecule has 0 unspecified atom stereocenters. The van der Waals surface area contributed by atoms with Crippen LogP contribution < -0.4 is 0 Å². The van der Waals surface area contributed by atoms with Crippen molar-refractivity contribution in [2.75, 3.05) is 0 Å². The van der Waals surface area contributed by atoms with Gasteiger partial charge in [-0.25, -0.2) is 4.98 Å². The summed E-state index contributed by atoms with van der Waals surface area (Å²) in [6.07, 6.45) is 0.718. The lowest BCUT2D eigenvalue weighted by Crippen LogP contribution is -1.99. The second-order valence-electron chi connectivity index (χ2n) is 3.37. The number of fused-ring (bicyclic) bond motifs is 1. The van der Waals surface area contributed by atoms with E-state index in [0.29, 0.717) is 10.3 Å². The summed E-state index contributed by atoms with van der Waals surface area (Å²) in [5.41, 5.74) is 3.74. The molecule has 2 rings (SSSR count). The monoisotopic (exact) mass is 221 g/mol. The van der Waals surface area contributed by atoms with E-state index >= 15 is 0 Å². The summed E-state index contributed by atoms with van der Waals surface area (Å²) < 4.78 is 0.692. The summed E-state index contributed by atoms with van der Waals surface area (Å²) in [5.74, 6) is -0.0148. The molecule has 2 aromatic rings. The number of nitrogens with zero attached hydrogens (tertiary/aromatic N) is 1. The molecule has 0 bridgehead atoms.